The van der Waals surface area contributed by atoms with Gasteiger partial charge in [0.05, 0.1) is 19.2 Å². The summed E-state index contributed by atoms with van der Waals surface area (Å²) in [7, 11) is 0. The number of furan rings is 1. The van der Waals surface area contributed by atoms with Crippen molar-refractivity contribution in [3.05, 3.63) is 60.1 Å². The molecule has 25 heavy (non-hydrogen) atoms. The highest BCUT2D eigenvalue weighted by molar-refractivity contribution is 6.05. The summed E-state index contributed by atoms with van der Waals surface area (Å²) < 4.78 is 5.12. The van der Waals surface area contributed by atoms with Crippen LogP contribution in [0.2, 0.25) is 0 Å². The zero-order valence-corrected chi connectivity index (χ0v) is 13.6. The summed E-state index contributed by atoms with van der Waals surface area (Å²) >= 11 is 0. The van der Waals surface area contributed by atoms with Crippen LogP contribution in [0.1, 0.15) is 17.7 Å². The van der Waals surface area contributed by atoms with Crippen molar-refractivity contribution in [3.8, 4) is 0 Å². The Balaban J connectivity index is 1.49. The van der Waals surface area contributed by atoms with E-state index >= 15 is 0 Å². The van der Waals surface area contributed by atoms with Crippen LogP contribution in [0, 0.1) is 0 Å². The van der Waals surface area contributed by atoms with Gasteiger partial charge in [-0.3, -0.25) is 14.5 Å². The van der Waals surface area contributed by atoms with Gasteiger partial charge in [-0.25, -0.2) is 4.79 Å². The van der Waals surface area contributed by atoms with Crippen LogP contribution in [0.3, 0.4) is 0 Å². The molecule has 1 saturated heterocycles. The molecule has 7 nitrogen and oxygen atoms in total. The highest BCUT2D eigenvalue weighted by atomic mass is 16.3. The Morgan fingerprint density at radius 3 is 2.68 bits per heavy atom. The number of imide groups is 1. The number of hydrogen-bond acceptors (Lipinski definition) is 4. The van der Waals surface area contributed by atoms with E-state index in [0.717, 1.165) is 10.5 Å². The van der Waals surface area contributed by atoms with Crippen molar-refractivity contribution in [2.75, 3.05) is 6.54 Å². The van der Waals surface area contributed by atoms with E-state index in [0.29, 0.717) is 18.7 Å². The van der Waals surface area contributed by atoms with E-state index in [9.17, 15) is 14.4 Å². The maximum Gasteiger partial charge on any atom is 0.324 e. The van der Waals surface area contributed by atoms with Crippen molar-refractivity contribution >= 4 is 17.8 Å². The molecule has 2 heterocycles. The number of nitrogens with zero attached hydrogens (tertiary/aromatic N) is 1. The fraction of sp³-hybridized carbons (Fsp3) is 0.278. The van der Waals surface area contributed by atoms with Gasteiger partial charge in [0.1, 0.15) is 11.8 Å². The monoisotopic (exact) mass is 341 g/mol. The molecule has 130 valence electrons. The van der Waals surface area contributed by atoms with Crippen LogP contribution in [0.15, 0.2) is 53.1 Å². The van der Waals surface area contributed by atoms with Crippen molar-refractivity contribution in [2.45, 2.75) is 25.4 Å². The molecule has 1 aliphatic rings. The molecule has 4 amide bonds. The van der Waals surface area contributed by atoms with Gasteiger partial charge in [0.2, 0.25) is 5.91 Å². The standard InChI is InChI=1S/C18H19N3O4/c22-16(19-12-14-7-4-10-25-14)11-15-17(23)21(18(24)20-15)9-8-13-5-2-1-3-6-13/h1-7,10,15H,8-9,11-12H2,(H,19,22)(H,20,24). The Morgan fingerprint density at radius 2 is 1.96 bits per heavy atom. The molecular formula is C18H19N3O4. The van der Waals surface area contributed by atoms with Gasteiger partial charge in [0, 0.05) is 6.54 Å². The molecule has 2 N–H and O–H groups in total. The first kappa shape index (κ1) is 16.8. The van der Waals surface area contributed by atoms with Gasteiger partial charge in [-0.15, -0.1) is 0 Å². The third-order valence-electron chi connectivity index (χ3n) is 4.00. The molecule has 3 rings (SSSR count). The highest BCUT2D eigenvalue weighted by Crippen LogP contribution is 2.11. The molecule has 1 unspecified atom stereocenters. The van der Waals surface area contributed by atoms with Crippen LogP contribution in [0.5, 0.6) is 0 Å². The Morgan fingerprint density at radius 1 is 1.16 bits per heavy atom. The number of carbonyl (C=O) groups excluding carboxylic acids is 3. The van der Waals surface area contributed by atoms with Crippen molar-refractivity contribution < 1.29 is 18.8 Å². The van der Waals surface area contributed by atoms with Gasteiger partial charge in [-0.2, -0.15) is 0 Å². The maximum atomic E-state index is 12.3. The number of nitrogens with one attached hydrogen (secondary N) is 2. The van der Waals surface area contributed by atoms with Crippen LogP contribution in [-0.2, 0) is 22.6 Å². The van der Waals surface area contributed by atoms with E-state index in [1.807, 2.05) is 30.3 Å². The second-order valence-corrected chi connectivity index (χ2v) is 5.79. The lowest BCUT2D eigenvalue weighted by atomic mass is 10.1. The van der Waals surface area contributed by atoms with Crippen LogP contribution in [0.4, 0.5) is 4.79 Å². The fourth-order valence-electron chi connectivity index (χ4n) is 2.67. The topological polar surface area (TPSA) is 91.7 Å². The number of amides is 4. The molecule has 7 heteroatoms. The lowest BCUT2D eigenvalue weighted by Crippen LogP contribution is -2.36. The molecule has 0 saturated carbocycles. The Bertz CT molecular complexity index is 743. The quantitative estimate of drug-likeness (QED) is 0.746. The predicted octanol–water partition coefficient (Wildman–Crippen LogP) is 1.45. The zero-order valence-electron chi connectivity index (χ0n) is 13.6. The van der Waals surface area contributed by atoms with Crippen molar-refractivity contribution in [2.24, 2.45) is 0 Å². The highest BCUT2D eigenvalue weighted by Gasteiger charge is 2.38. The first-order valence-electron chi connectivity index (χ1n) is 8.08. The van der Waals surface area contributed by atoms with Gasteiger partial charge < -0.3 is 15.1 Å². The van der Waals surface area contributed by atoms with Crippen molar-refractivity contribution in [3.63, 3.8) is 0 Å². The largest absolute Gasteiger partial charge is 0.467 e. The van der Waals surface area contributed by atoms with E-state index in [-0.39, 0.29) is 24.8 Å². The van der Waals surface area contributed by atoms with Crippen LogP contribution >= 0.6 is 0 Å². The molecule has 0 bridgehead atoms. The molecule has 1 aromatic heterocycles. The molecule has 1 aromatic carbocycles. The Kier molecular flexibility index (Phi) is 5.13. The third kappa shape index (κ3) is 4.26. The summed E-state index contributed by atoms with van der Waals surface area (Å²) in [4.78, 5) is 37.5. The number of rotatable bonds is 7. The molecular weight excluding hydrogens is 322 g/mol. The van der Waals surface area contributed by atoms with Crippen LogP contribution in [-0.4, -0.2) is 35.3 Å². The number of benzene rings is 1. The van der Waals surface area contributed by atoms with Crippen LogP contribution in [0.25, 0.3) is 0 Å². The van der Waals surface area contributed by atoms with E-state index in [2.05, 4.69) is 10.6 Å². The lowest BCUT2D eigenvalue weighted by molar-refractivity contribution is -0.130. The first-order chi connectivity index (χ1) is 12.1. The van der Waals surface area contributed by atoms with Gasteiger partial charge in [-0.05, 0) is 24.1 Å². The fourth-order valence-corrected chi connectivity index (χ4v) is 2.67. The SMILES string of the molecule is O=C(CC1NC(=O)N(CCc2ccccc2)C1=O)NCc1ccco1. The van der Waals surface area contributed by atoms with E-state index in [4.69, 9.17) is 4.42 Å². The van der Waals surface area contributed by atoms with Crippen LogP contribution < -0.4 is 10.6 Å². The second-order valence-electron chi connectivity index (χ2n) is 5.79. The summed E-state index contributed by atoms with van der Waals surface area (Å²) in [5.74, 6) is -0.0614. The van der Waals surface area contributed by atoms with Crippen molar-refractivity contribution in [1.82, 2.24) is 15.5 Å². The summed E-state index contributed by atoms with van der Waals surface area (Å²) in [5, 5.41) is 5.23. The summed E-state index contributed by atoms with van der Waals surface area (Å²) in [5.41, 5.74) is 1.04. The number of hydrogen-bond donors (Lipinski definition) is 2. The first-order valence-corrected chi connectivity index (χ1v) is 8.08. The smallest absolute Gasteiger partial charge is 0.324 e. The van der Waals surface area contributed by atoms with E-state index in [1.54, 1.807) is 12.1 Å². The molecule has 2 aromatic rings. The van der Waals surface area contributed by atoms with Crippen molar-refractivity contribution in [1.29, 1.82) is 0 Å². The van der Waals surface area contributed by atoms with Gasteiger partial charge in [0.25, 0.3) is 5.91 Å². The van der Waals surface area contributed by atoms with Gasteiger partial charge in [0.15, 0.2) is 0 Å². The zero-order chi connectivity index (χ0) is 17.6. The van der Waals surface area contributed by atoms with E-state index < -0.39 is 12.1 Å². The Hall–Kier alpha value is -3.09. The summed E-state index contributed by atoms with van der Waals surface area (Å²) in [6.07, 6.45) is 2.01. The minimum absolute atomic E-state index is 0.0902. The summed E-state index contributed by atoms with van der Waals surface area (Å²) in [6, 6.07) is 11.8. The minimum atomic E-state index is -0.820. The van der Waals surface area contributed by atoms with Gasteiger partial charge >= 0.3 is 6.03 Å². The molecule has 0 aliphatic carbocycles. The second kappa shape index (κ2) is 7.65. The molecule has 0 spiro atoms. The molecule has 0 radical (unpaired) electrons. The lowest BCUT2D eigenvalue weighted by Gasteiger charge is -2.13. The Labute approximate surface area is 145 Å². The average Bonchev–Trinajstić information content (AvgIpc) is 3.22. The summed E-state index contributed by atoms with van der Waals surface area (Å²) in [6.45, 7) is 0.539. The normalized spacial score (nSPS) is 16.8. The number of carbonyl (C=O) groups is 3. The predicted molar refractivity (Wildman–Crippen MR) is 89.4 cm³/mol. The number of urea groups is 1. The molecule has 1 atom stereocenters. The molecule has 1 aliphatic heterocycles. The van der Waals surface area contributed by atoms with Gasteiger partial charge in [-0.1, -0.05) is 30.3 Å². The van der Waals surface area contributed by atoms with E-state index in [1.165, 1.54) is 6.26 Å². The molecule has 1 fully saturated rings. The minimum Gasteiger partial charge on any atom is -0.467 e. The third-order valence-corrected chi connectivity index (χ3v) is 4.00. The average molecular weight is 341 g/mol. The maximum absolute atomic E-state index is 12.3.